The molecule has 0 fully saturated rings. The summed E-state index contributed by atoms with van der Waals surface area (Å²) in [6.07, 6.45) is 2.55. The molecule has 2 unspecified atom stereocenters. The van der Waals surface area contributed by atoms with Gasteiger partial charge in [0.25, 0.3) is 0 Å². The highest BCUT2D eigenvalue weighted by molar-refractivity contribution is 4.69. The molecule has 3 heteroatoms. The number of hydrogen-bond acceptors (Lipinski definition) is 3. The fraction of sp³-hybridized carbons (Fsp3) is 1.00. The van der Waals surface area contributed by atoms with Crippen molar-refractivity contribution in [2.45, 2.75) is 45.7 Å². The Morgan fingerprint density at radius 2 is 1.81 bits per heavy atom. The van der Waals surface area contributed by atoms with Crippen molar-refractivity contribution in [3.8, 4) is 0 Å². The van der Waals surface area contributed by atoms with Crippen molar-refractivity contribution in [2.24, 2.45) is 0 Å². The fourth-order valence-electron chi connectivity index (χ4n) is 2.08. The molecule has 0 saturated carbocycles. The van der Waals surface area contributed by atoms with Crippen LogP contribution in [0, 0.1) is 0 Å². The lowest BCUT2D eigenvalue weighted by molar-refractivity contribution is 0.177. The van der Waals surface area contributed by atoms with Crippen LogP contribution >= 0.6 is 0 Å². The van der Waals surface area contributed by atoms with E-state index in [0.29, 0.717) is 12.1 Å². The number of nitrogens with zero attached hydrogens (tertiary/aromatic N) is 2. The van der Waals surface area contributed by atoms with Crippen LogP contribution in [0.4, 0.5) is 0 Å². The van der Waals surface area contributed by atoms with Gasteiger partial charge in [-0.05, 0) is 60.9 Å². The molecule has 0 radical (unpaired) electrons. The second-order valence-corrected chi connectivity index (χ2v) is 5.07. The molecule has 0 amide bonds. The quantitative estimate of drug-likeness (QED) is 0.648. The summed E-state index contributed by atoms with van der Waals surface area (Å²) >= 11 is 0. The molecular formula is C13H31N3. The van der Waals surface area contributed by atoms with Gasteiger partial charge in [0.15, 0.2) is 0 Å². The summed E-state index contributed by atoms with van der Waals surface area (Å²) in [7, 11) is 6.33. The summed E-state index contributed by atoms with van der Waals surface area (Å²) in [5.41, 5.74) is 0. The van der Waals surface area contributed by atoms with E-state index in [2.05, 4.69) is 50.0 Å². The largest absolute Gasteiger partial charge is 0.317 e. The molecule has 0 aromatic rings. The fourth-order valence-corrected chi connectivity index (χ4v) is 2.08. The summed E-state index contributed by atoms with van der Waals surface area (Å²) in [4.78, 5) is 4.84. The average molecular weight is 229 g/mol. The third-order valence-electron chi connectivity index (χ3n) is 3.23. The Hall–Kier alpha value is -0.120. The summed E-state index contributed by atoms with van der Waals surface area (Å²) in [6, 6.07) is 1.30. The minimum Gasteiger partial charge on any atom is -0.317 e. The number of likely N-dealkylation sites (N-methyl/N-ethyl adjacent to an activating group) is 2. The first kappa shape index (κ1) is 15.9. The average Bonchev–Trinajstić information content (AvgIpc) is 2.22. The first-order valence-corrected chi connectivity index (χ1v) is 6.57. The molecule has 0 spiro atoms. The summed E-state index contributed by atoms with van der Waals surface area (Å²) in [6.45, 7) is 10.4. The molecule has 0 aliphatic rings. The maximum absolute atomic E-state index is 3.29. The first-order valence-electron chi connectivity index (χ1n) is 6.57. The van der Waals surface area contributed by atoms with E-state index in [1.165, 1.54) is 19.4 Å². The van der Waals surface area contributed by atoms with Crippen molar-refractivity contribution in [3.63, 3.8) is 0 Å². The van der Waals surface area contributed by atoms with Crippen LogP contribution < -0.4 is 5.32 Å². The van der Waals surface area contributed by atoms with Crippen molar-refractivity contribution in [1.82, 2.24) is 15.1 Å². The van der Waals surface area contributed by atoms with Crippen LogP contribution in [-0.2, 0) is 0 Å². The number of rotatable bonds is 9. The summed E-state index contributed by atoms with van der Waals surface area (Å²) < 4.78 is 0. The SMILES string of the molecule is CCN(CCCC(C)NC)C(C)CN(C)C. The lowest BCUT2D eigenvalue weighted by atomic mass is 10.1. The molecule has 0 aromatic heterocycles. The lowest BCUT2D eigenvalue weighted by Crippen LogP contribution is -2.40. The van der Waals surface area contributed by atoms with Crippen LogP contribution in [-0.4, -0.2) is 62.7 Å². The van der Waals surface area contributed by atoms with Gasteiger partial charge in [-0.2, -0.15) is 0 Å². The standard InChI is InChI=1S/C13H31N3/c1-7-16(13(3)11-15(5)6)10-8-9-12(2)14-4/h12-14H,7-11H2,1-6H3. The van der Waals surface area contributed by atoms with E-state index >= 15 is 0 Å². The van der Waals surface area contributed by atoms with Crippen molar-refractivity contribution < 1.29 is 0 Å². The molecule has 3 nitrogen and oxygen atoms in total. The van der Waals surface area contributed by atoms with Gasteiger partial charge in [0.1, 0.15) is 0 Å². The van der Waals surface area contributed by atoms with Crippen LogP contribution in [0.15, 0.2) is 0 Å². The Morgan fingerprint density at radius 3 is 2.25 bits per heavy atom. The van der Waals surface area contributed by atoms with E-state index in [1.54, 1.807) is 0 Å². The molecule has 0 saturated heterocycles. The van der Waals surface area contributed by atoms with Gasteiger partial charge in [0, 0.05) is 18.6 Å². The van der Waals surface area contributed by atoms with E-state index in [1.807, 2.05) is 7.05 Å². The first-order chi connectivity index (χ1) is 7.51. The predicted octanol–water partition coefficient (Wildman–Crippen LogP) is 1.65. The predicted molar refractivity (Wildman–Crippen MR) is 73.0 cm³/mol. The summed E-state index contributed by atoms with van der Waals surface area (Å²) in [5, 5.41) is 3.29. The van der Waals surface area contributed by atoms with Gasteiger partial charge in [-0.3, -0.25) is 4.90 Å². The Bertz CT molecular complexity index is 159. The zero-order valence-electron chi connectivity index (χ0n) is 12.1. The highest BCUT2D eigenvalue weighted by Crippen LogP contribution is 2.04. The molecule has 0 bridgehead atoms. The van der Waals surface area contributed by atoms with Gasteiger partial charge in [-0.25, -0.2) is 0 Å². The normalized spacial score (nSPS) is 15.8. The van der Waals surface area contributed by atoms with E-state index < -0.39 is 0 Å². The molecular weight excluding hydrogens is 198 g/mol. The minimum atomic E-state index is 0.642. The lowest BCUT2D eigenvalue weighted by Gasteiger charge is -2.30. The Labute approximate surface area is 102 Å². The van der Waals surface area contributed by atoms with Gasteiger partial charge >= 0.3 is 0 Å². The van der Waals surface area contributed by atoms with Gasteiger partial charge in [-0.1, -0.05) is 6.92 Å². The van der Waals surface area contributed by atoms with E-state index in [0.717, 1.165) is 13.1 Å². The van der Waals surface area contributed by atoms with Gasteiger partial charge in [0.05, 0.1) is 0 Å². The third kappa shape index (κ3) is 7.20. The molecule has 0 aromatic carbocycles. The molecule has 98 valence electrons. The molecule has 0 aliphatic carbocycles. The van der Waals surface area contributed by atoms with Crippen molar-refractivity contribution in [3.05, 3.63) is 0 Å². The highest BCUT2D eigenvalue weighted by Gasteiger charge is 2.12. The topological polar surface area (TPSA) is 18.5 Å². The molecule has 0 heterocycles. The van der Waals surface area contributed by atoms with Crippen LogP contribution in [0.5, 0.6) is 0 Å². The third-order valence-corrected chi connectivity index (χ3v) is 3.23. The van der Waals surface area contributed by atoms with Crippen molar-refractivity contribution >= 4 is 0 Å². The highest BCUT2D eigenvalue weighted by atomic mass is 15.2. The van der Waals surface area contributed by atoms with Crippen LogP contribution in [0.2, 0.25) is 0 Å². The Kier molecular flexibility index (Phi) is 8.90. The van der Waals surface area contributed by atoms with E-state index in [9.17, 15) is 0 Å². The molecule has 1 N–H and O–H groups in total. The number of hydrogen-bond donors (Lipinski definition) is 1. The van der Waals surface area contributed by atoms with Crippen molar-refractivity contribution in [2.75, 3.05) is 40.8 Å². The second-order valence-electron chi connectivity index (χ2n) is 5.07. The zero-order valence-corrected chi connectivity index (χ0v) is 12.1. The van der Waals surface area contributed by atoms with Crippen LogP contribution in [0.1, 0.15) is 33.6 Å². The second kappa shape index (κ2) is 8.97. The van der Waals surface area contributed by atoms with Gasteiger partial charge < -0.3 is 10.2 Å². The van der Waals surface area contributed by atoms with Gasteiger partial charge in [-0.15, -0.1) is 0 Å². The Balaban J connectivity index is 3.81. The smallest absolute Gasteiger partial charge is 0.0194 e. The molecule has 2 atom stereocenters. The maximum Gasteiger partial charge on any atom is 0.0194 e. The monoisotopic (exact) mass is 229 g/mol. The van der Waals surface area contributed by atoms with Gasteiger partial charge in [0.2, 0.25) is 0 Å². The molecule has 16 heavy (non-hydrogen) atoms. The van der Waals surface area contributed by atoms with E-state index in [-0.39, 0.29) is 0 Å². The summed E-state index contributed by atoms with van der Waals surface area (Å²) in [5.74, 6) is 0. The molecule has 0 rings (SSSR count). The minimum absolute atomic E-state index is 0.642. The van der Waals surface area contributed by atoms with Crippen molar-refractivity contribution in [1.29, 1.82) is 0 Å². The van der Waals surface area contributed by atoms with Crippen LogP contribution in [0.3, 0.4) is 0 Å². The Morgan fingerprint density at radius 1 is 1.19 bits per heavy atom. The zero-order chi connectivity index (χ0) is 12.6. The van der Waals surface area contributed by atoms with Crippen LogP contribution in [0.25, 0.3) is 0 Å². The number of nitrogens with one attached hydrogen (secondary N) is 1. The van der Waals surface area contributed by atoms with E-state index in [4.69, 9.17) is 0 Å². The maximum atomic E-state index is 3.29. The molecule has 0 aliphatic heterocycles.